The number of nitrogens with zero attached hydrogens (tertiary/aromatic N) is 1. The number of nitrogens with one attached hydrogen (secondary N) is 1. The molecule has 1 fully saturated rings. The smallest absolute Gasteiger partial charge is 0.0396 e. The topological polar surface area (TPSA) is 15.3 Å². The van der Waals surface area contributed by atoms with Crippen molar-refractivity contribution in [3.05, 3.63) is 29.3 Å². The maximum Gasteiger partial charge on any atom is 0.0396 e. The molecule has 2 nitrogen and oxygen atoms in total. The van der Waals surface area contributed by atoms with E-state index in [4.69, 9.17) is 0 Å². The number of benzene rings is 1. The number of rotatable bonds is 4. The molecule has 0 amide bonds. The van der Waals surface area contributed by atoms with E-state index < -0.39 is 0 Å². The summed E-state index contributed by atoms with van der Waals surface area (Å²) >= 11 is 0. The maximum absolute atomic E-state index is 3.67. The molecule has 1 atom stereocenters. The van der Waals surface area contributed by atoms with Crippen molar-refractivity contribution in [2.75, 3.05) is 18.5 Å². The number of anilines is 1. The van der Waals surface area contributed by atoms with E-state index in [2.05, 4.69) is 42.4 Å². The molecule has 1 heterocycles. The van der Waals surface area contributed by atoms with Crippen LogP contribution >= 0.6 is 0 Å². The Morgan fingerprint density at radius 1 is 1.39 bits per heavy atom. The van der Waals surface area contributed by atoms with Crippen LogP contribution in [0.1, 0.15) is 37.3 Å². The molecule has 1 unspecified atom stereocenters. The second-order valence-corrected chi connectivity index (χ2v) is 6.00. The van der Waals surface area contributed by atoms with Crippen LogP contribution in [0.2, 0.25) is 0 Å². The third-order valence-electron chi connectivity index (χ3n) is 4.45. The Morgan fingerprint density at radius 3 is 3.00 bits per heavy atom. The van der Waals surface area contributed by atoms with Crippen LogP contribution in [0.5, 0.6) is 0 Å². The first-order valence-electron chi connectivity index (χ1n) is 7.30. The lowest BCUT2D eigenvalue weighted by atomic mass is 9.99. The minimum Gasteiger partial charge on any atom is -0.374 e. The van der Waals surface area contributed by atoms with Crippen LogP contribution in [0.3, 0.4) is 0 Å². The van der Waals surface area contributed by atoms with Crippen molar-refractivity contribution in [2.24, 2.45) is 5.92 Å². The van der Waals surface area contributed by atoms with E-state index in [0.717, 1.165) is 12.5 Å². The summed E-state index contributed by atoms with van der Waals surface area (Å²) < 4.78 is 0. The quantitative estimate of drug-likeness (QED) is 0.876. The Bertz CT molecular complexity index is 423. The van der Waals surface area contributed by atoms with Gasteiger partial charge in [0.15, 0.2) is 0 Å². The van der Waals surface area contributed by atoms with Crippen molar-refractivity contribution >= 4 is 5.69 Å². The zero-order valence-corrected chi connectivity index (χ0v) is 11.6. The molecule has 1 aliphatic carbocycles. The lowest BCUT2D eigenvalue weighted by molar-refractivity contribution is 0.496. The first-order valence-corrected chi connectivity index (χ1v) is 7.30. The van der Waals surface area contributed by atoms with Crippen molar-refractivity contribution in [2.45, 2.75) is 45.2 Å². The number of hydrogen-bond donors (Lipinski definition) is 1. The standard InChI is InChI=1S/C16H24N2/c1-12(14-6-7-14)17-11-13-5-8-16-15(10-13)4-3-9-18(16)2/h5,8,10,12,14,17H,3-4,6-7,9,11H2,1-2H3. The maximum atomic E-state index is 3.67. The number of hydrogen-bond acceptors (Lipinski definition) is 2. The fourth-order valence-electron chi connectivity index (χ4n) is 2.99. The molecule has 98 valence electrons. The van der Waals surface area contributed by atoms with Crippen LogP contribution in [-0.2, 0) is 13.0 Å². The Labute approximate surface area is 110 Å². The van der Waals surface area contributed by atoms with Crippen LogP contribution < -0.4 is 10.2 Å². The Balaban J connectivity index is 1.65. The van der Waals surface area contributed by atoms with Gasteiger partial charge in [0.05, 0.1) is 0 Å². The molecule has 1 aromatic carbocycles. The summed E-state index contributed by atoms with van der Waals surface area (Å²) in [4.78, 5) is 2.38. The van der Waals surface area contributed by atoms with Gasteiger partial charge in [-0.3, -0.25) is 0 Å². The number of aryl methyl sites for hydroxylation is 1. The highest BCUT2D eigenvalue weighted by atomic mass is 15.1. The van der Waals surface area contributed by atoms with Crippen molar-refractivity contribution in [1.29, 1.82) is 0 Å². The Hall–Kier alpha value is -1.02. The predicted octanol–water partition coefficient (Wildman–Crippen LogP) is 2.96. The molecular formula is C16H24N2. The van der Waals surface area contributed by atoms with E-state index in [0.29, 0.717) is 6.04 Å². The van der Waals surface area contributed by atoms with Gasteiger partial charge >= 0.3 is 0 Å². The third-order valence-corrected chi connectivity index (χ3v) is 4.45. The fraction of sp³-hybridized carbons (Fsp3) is 0.625. The van der Waals surface area contributed by atoms with Crippen molar-refractivity contribution in [3.8, 4) is 0 Å². The molecule has 1 aromatic rings. The Morgan fingerprint density at radius 2 is 2.22 bits per heavy atom. The van der Waals surface area contributed by atoms with Gasteiger partial charge in [0.1, 0.15) is 0 Å². The molecule has 18 heavy (non-hydrogen) atoms. The molecule has 0 aromatic heterocycles. The molecule has 2 aliphatic rings. The molecule has 0 bridgehead atoms. The van der Waals surface area contributed by atoms with E-state index in [1.54, 1.807) is 0 Å². The normalized spacial score (nSPS) is 20.7. The highest BCUT2D eigenvalue weighted by Gasteiger charge is 2.27. The molecule has 2 heteroatoms. The summed E-state index contributed by atoms with van der Waals surface area (Å²) in [6.07, 6.45) is 5.37. The van der Waals surface area contributed by atoms with E-state index in [1.807, 2.05) is 0 Å². The predicted molar refractivity (Wildman–Crippen MR) is 77.1 cm³/mol. The average Bonchev–Trinajstić information content (AvgIpc) is 3.20. The van der Waals surface area contributed by atoms with Gasteiger partial charge in [-0.2, -0.15) is 0 Å². The summed E-state index contributed by atoms with van der Waals surface area (Å²) in [6, 6.07) is 7.67. The second-order valence-electron chi connectivity index (χ2n) is 6.00. The van der Waals surface area contributed by atoms with Crippen molar-refractivity contribution in [1.82, 2.24) is 5.32 Å². The van der Waals surface area contributed by atoms with Gasteiger partial charge < -0.3 is 10.2 Å². The number of fused-ring (bicyclic) bond motifs is 1. The zero-order chi connectivity index (χ0) is 12.5. The highest BCUT2D eigenvalue weighted by molar-refractivity contribution is 5.56. The zero-order valence-electron chi connectivity index (χ0n) is 11.6. The lowest BCUT2D eigenvalue weighted by Crippen LogP contribution is -2.28. The summed E-state index contributed by atoms with van der Waals surface area (Å²) in [5.74, 6) is 0.939. The fourth-order valence-corrected chi connectivity index (χ4v) is 2.99. The van der Waals surface area contributed by atoms with Crippen LogP contribution in [0.4, 0.5) is 5.69 Å². The van der Waals surface area contributed by atoms with Gasteiger partial charge in [0, 0.05) is 31.9 Å². The van der Waals surface area contributed by atoms with Gasteiger partial charge in [-0.05, 0) is 55.7 Å². The second kappa shape index (κ2) is 4.93. The first kappa shape index (κ1) is 12.0. The van der Waals surface area contributed by atoms with E-state index in [1.165, 1.54) is 49.0 Å². The van der Waals surface area contributed by atoms with Gasteiger partial charge in [0.2, 0.25) is 0 Å². The molecule has 0 spiro atoms. The molecule has 0 saturated heterocycles. The molecular weight excluding hydrogens is 220 g/mol. The summed E-state index contributed by atoms with van der Waals surface area (Å²) in [5, 5.41) is 3.67. The minimum atomic E-state index is 0.684. The van der Waals surface area contributed by atoms with Gasteiger partial charge in [-0.25, -0.2) is 0 Å². The molecule has 0 radical (unpaired) electrons. The van der Waals surface area contributed by atoms with Crippen molar-refractivity contribution < 1.29 is 0 Å². The summed E-state index contributed by atoms with van der Waals surface area (Å²) in [6.45, 7) is 4.54. The molecule has 1 saturated carbocycles. The largest absolute Gasteiger partial charge is 0.374 e. The third kappa shape index (κ3) is 2.54. The average molecular weight is 244 g/mol. The SMILES string of the molecule is CC(NCc1ccc2c(c1)CCCN2C)C1CC1. The molecule has 3 rings (SSSR count). The Kier molecular flexibility index (Phi) is 3.29. The highest BCUT2D eigenvalue weighted by Crippen LogP contribution is 2.32. The monoisotopic (exact) mass is 244 g/mol. The van der Waals surface area contributed by atoms with Crippen LogP contribution in [-0.4, -0.2) is 19.6 Å². The minimum absolute atomic E-state index is 0.684. The van der Waals surface area contributed by atoms with E-state index >= 15 is 0 Å². The first-order chi connectivity index (χ1) is 8.74. The van der Waals surface area contributed by atoms with Crippen LogP contribution in [0, 0.1) is 5.92 Å². The van der Waals surface area contributed by atoms with Gasteiger partial charge in [0.25, 0.3) is 0 Å². The molecule has 1 N–H and O–H groups in total. The van der Waals surface area contributed by atoms with Crippen LogP contribution in [0.15, 0.2) is 18.2 Å². The van der Waals surface area contributed by atoms with Crippen LogP contribution in [0.25, 0.3) is 0 Å². The van der Waals surface area contributed by atoms with Crippen molar-refractivity contribution in [3.63, 3.8) is 0 Å². The van der Waals surface area contributed by atoms with Gasteiger partial charge in [-0.1, -0.05) is 12.1 Å². The molecule has 1 aliphatic heterocycles. The van der Waals surface area contributed by atoms with E-state index in [9.17, 15) is 0 Å². The lowest BCUT2D eigenvalue weighted by Gasteiger charge is -2.28. The summed E-state index contributed by atoms with van der Waals surface area (Å²) in [7, 11) is 2.20. The van der Waals surface area contributed by atoms with E-state index in [-0.39, 0.29) is 0 Å². The van der Waals surface area contributed by atoms with Gasteiger partial charge in [-0.15, -0.1) is 0 Å². The summed E-state index contributed by atoms with van der Waals surface area (Å²) in [5.41, 5.74) is 4.40.